The van der Waals surface area contributed by atoms with Gasteiger partial charge in [0.1, 0.15) is 0 Å². The van der Waals surface area contributed by atoms with Gasteiger partial charge in [-0.25, -0.2) is 0 Å². The molecule has 378 valence electrons. The Balaban J connectivity index is 0.994. The molecule has 0 unspecified atom stereocenters. The van der Waals surface area contributed by atoms with Crippen LogP contribution >= 0.6 is 0 Å². The summed E-state index contributed by atoms with van der Waals surface area (Å²) in [6, 6.07) is 53.0. The number of ketones is 4. The minimum atomic E-state index is -0.422. The Bertz CT molecular complexity index is 4800. The minimum absolute atomic E-state index is 0.0295. The zero-order valence-electron chi connectivity index (χ0n) is 43.7. The van der Waals surface area contributed by atoms with Gasteiger partial charge >= 0.3 is 0 Å². The summed E-state index contributed by atoms with van der Waals surface area (Å²) in [4.78, 5) is 61.4. The van der Waals surface area contributed by atoms with E-state index in [2.05, 4.69) is 154 Å². The van der Waals surface area contributed by atoms with E-state index in [1.54, 1.807) is 0 Å². The third kappa shape index (κ3) is 4.66. The quantitative estimate of drug-likeness (QED) is 0.152. The molecule has 0 spiro atoms. The van der Waals surface area contributed by atoms with Crippen LogP contribution in [0.3, 0.4) is 0 Å². The number of Topliss-reactive ketones (excluding diaryl/α,β-unsaturated/α-hetero) is 4. The fourth-order valence-corrected chi connectivity index (χ4v) is 19.1. The lowest BCUT2D eigenvalue weighted by atomic mass is 9.72. The molecule has 0 radical (unpaired) electrons. The molecule has 6 heteroatoms. The Labute approximate surface area is 458 Å². The molecule has 4 aromatic heterocycles. The molecule has 13 aromatic rings. The van der Waals surface area contributed by atoms with Crippen molar-refractivity contribution in [1.29, 1.82) is 0 Å². The second kappa shape index (κ2) is 14.0. The number of hydrogen-bond acceptors (Lipinski definition) is 4. The Kier molecular flexibility index (Phi) is 7.38. The molecule has 6 nitrogen and oxygen atoms in total. The van der Waals surface area contributed by atoms with E-state index >= 15 is 9.59 Å². The van der Waals surface area contributed by atoms with Crippen LogP contribution in [0.25, 0.3) is 76.2 Å². The number of fused-ring (bicyclic) bond motifs is 18. The highest BCUT2D eigenvalue weighted by molar-refractivity contribution is 6.45. The molecular formula is C74H48N2O4. The van der Waals surface area contributed by atoms with Crippen LogP contribution in [-0.2, 0) is 0 Å². The Morgan fingerprint density at radius 3 is 0.812 bits per heavy atom. The average Bonchev–Trinajstić information content (AvgIpc) is 3.19. The molecule has 0 amide bonds. The van der Waals surface area contributed by atoms with Crippen LogP contribution in [0.2, 0.25) is 0 Å². The van der Waals surface area contributed by atoms with Crippen molar-refractivity contribution in [1.82, 2.24) is 8.80 Å². The number of carbonyl (C=O) groups excluding carboxylic acids is 4. The first-order valence-corrected chi connectivity index (χ1v) is 29.5. The maximum atomic E-state index is 15.8. The van der Waals surface area contributed by atoms with Crippen LogP contribution in [0.1, 0.15) is 195 Å². The topological polar surface area (TPSA) is 77.1 Å². The fraction of sp³-hybridized carbons (Fsp3) is 0.216. The second-order valence-electron chi connectivity index (χ2n) is 25.5. The predicted octanol–water partition coefficient (Wildman–Crippen LogP) is 16.6. The summed E-state index contributed by atoms with van der Waals surface area (Å²) in [5.74, 6) is 0.315. The Morgan fingerprint density at radius 2 is 0.512 bits per heavy atom. The molecule has 0 atom stereocenters. The Morgan fingerprint density at radius 1 is 0.263 bits per heavy atom. The van der Waals surface area contributed by atoms with Gasteiger partial charge in [-0.15, -0.1) is 0 Å². The largest absolute Gasteiger partial charge is 0.308 e. The SMILES string of the molecule is O=C1c2cc3c(cc2C2CCC1CC2)c1c2c4cc5c(cc4n4c6cc7c(cc6c(c6c8cc9c(cc8n3c16)C(=O)C1c3ccccc3C9c3ccccc31)c24)C1CCC(CC1)C7=O)C(=O)C1c2ccccc2C5c2ccccc21. The van der Waals surface area contributed by atoms with Gasteiger partial charge < -0.3 is 8.80 Å². The summed E-state index contributed by atoms with van der Waals surface area (Å²) in [6.45, 7) is 0. The second-order valence-corrected chi connectivity index (χ2v) is 25.5. The first-order valence-electron chi connectivity index (χ1n) is 29.5. The molecule has 8 bridgehead atoms. The van der Waals surface area contributed by atoms with Crippen molar-refractivity contribution in [2.24, 2.45) is 11.8 Å². The third-order valence-corrected chi connectivity index (χ3v) is 22.4. The fourth-order valence-electron chi connectivity index (χ4n) is 19.1. The third-order valence-electron chi connectivity index (χ3n) is 22.4. The first-order chi connectivity index (χ1) is 39.4. The zero-order valence-corrected chi connectivity index (χ0v) is 43.7. The first kappa shape index (κ1) is 42.2. The molecule has 0 saturated heterocycles. The van der Waals surface area contributed by atoms with Crippen molar-refractivity contribution < 1.29 is 19.2 Å². The van der Waals surface area contributed by atoms with E-state index in [0.717, 1.165) is 183 Å². The predicted molar refractivity (Wildman–Crippen MR) is 314 cm³/mol. The lowest BCUT2D eigenvalue weighted by molar-refractivity contribution is 0.0891. The maximum Gasteiger partial charge on any atom is 0.175 e. The van der Waals surface area contributed by atoms with Crippen LogP contribution in [0.4, 0.5) is 0 Å². The molecular weight excluding hydrogens is 981 g/mol. The summed E-state index contributed by atoms with van der Waals surface area (Å²) in [6.07, 6.45) is 7.71. The van der Waals surface area contributed by atoms with E-state index in [9.17, 15) is 9.59 Å². The summed E-state index contributed by atoms with van der Waals surface area (Å²) < 4.78 is 4.92. The van der Waals surface area contributed by atoms with Crippen molar-refractivity contribution in [3.05, 3.63) is 235 Å². The number of aromatic nitrogens is 2. The van der Waals surface area contributed by atoms with E-state index in [4.69, 9.17) is 0 Å². The van der Waals surface area contributed by atoms with Gasteiger partial charge in [-0.2, -0.15) is 0 Å². The lowest BCUT2D eigenvalue weighted by Gasteiger charge is -2.30. The average molecular weight is 1030 g/mol. The molecule has 25 rings (SSSR count). The smallest absolute Gasteiger partial charge is 0.175 e. The molecule has 9 aromatic carbocycles. The van der Waals surface area contributed by atoms with Gasteiger partial charge in [0.25, 0.3) is 0 Å². The van der Waals surface area contributed by atoms with Crippen LogP contribution in [0.5, 0.6) is 0 Å². The molecule has 4 heterocycles. The molecule has 2 saturated carbocycles. The van der Waals surface area contributed by atoms with Gasteiger partial charge in [-0.1, -0.05) is 97.1 Å². The van der Waals surface area contributed by atoms with Crippen molar-refractivity contribution in [3.63, 3.8) is 0 Å². The molecule has 80 heavy (non-hydrogen) atoms. The van der Waals surface area contributed by atoms with Crippen LogP contribution < -0.4 is 0 Å². The number of hydrogen-bond donors (Lipinski definition) is 0. The standard InChI is InChI=1S/C74H48N2O4/c77-71-35-23-19-34(20-24-35)46-26-54-57(29-49(46)71)75-59-31-51-47(61-37-9-1-5-13-41(37)63(73(51)79)42-14-6-2-10-38(42)61)27-55(59)67-65-53-25-45-33-17-21-36(22-18-33)72(78)50(45)30-58(53)76-60-32-52-48(28-56(60)68(70(65)76)66(54)69(67)75)62-39-11-3-7-15-43(39)64(74(52)80)44-16-8-4-12-40(44)62/h1-16,25-36,61-64H,17-24H2. The summed E-state index contributed by atoms with van der Waals surface area (Å²) in [5, 5.41) is 9.00. The highest BCUT2D eigenvalue weighted by atomic mass is 16.1. The van der Waals surface area contributed by atoms with Crippen LogP contribution in [0, 0.1) is 11.8 Å². The van der Waals surface area contributed by atoms with Crippen molar-refractivity contribution in [3.8, 4) is 0 Å². The number of carbonyl (C=O) groups is 4. The summed E-state index contributed by atoms with van der Waals surface area (Å²) in [5.41, 5.74) is 22.9. The van der Waals surface area contributed by atoms with E-state index in [1.807, 2.05) is 0 Å². The molecule has 12 aliphatic rings. The molecule has 0 aliphatic heterocycles. The van der Waals surface area contributed by atoms with Crippen molar-refractivity contribution >= 4 is 99.3 Å². The monoisotopic (exact) mass is 1030 g/mol. The highest BCUT2D eigenvalue weighted by Gasteiger charge is 2.46. The van der Waals surface area contributed by atoms with E-state index < -0.39 is 11.8 Å². The number of nitrogens with zero attached hydrogens (tertiary/aromatic N) is 2. The minimum Gasteiger partial charge on any atom is -0.308 e. The van der Waals surface area contributed by atoms with Gasteiger partial charge in [0.2, 0.25) is 0 Å². The van der Waals surface area contributed by atoms with E-state index in [1.165, 1.54) is 33.4 Å². The summed E-state index contributed by atoms with van der Waals surface area (Å²) >= 11 is 0. The van der Waals surface area contributed by atoms with Gasteiger partial charge in [0.15, 0.2) is 23.1 Å². The van der Waals surface area contributed by atoms with Crippen molar-refractivity contribution in [2.45, 2.75) is 86.9 Å². The molecule has 0 N–H and O–H groups in total. The van der Waals surface area contributed by atoms with Gasteiger partial charge in [-0.05, 0) is 178 Å². The number of rotatable bonds is 0. The van der Waals surface area contributed by atoms with Gasteiger partial charge in [0, 0.05) is 89.0 Å². The zero-order chi connectivity index (χ0) is 52.0. The van der Waals surface area contributed by atoms with Gasteiger partial charge in [0.05, 0.1) is 44.9 Å². The van der Waals surface area contributed by atoms with E-state index in [-0.39, 0.29) is 46.8 Å². The van der Waals surface area contributed by atoms with Crippen molar-refractivity contribution in [2.75, 3.05) is 0 Å². The molecule has 2 fully saturated rings. The van der Waals surface area contributed by atoms with Crippen LogP contribution in [0.15, 0.2) is 146 Å². The Hall–Kier alpha value is -8.74. The molecule has 12 aliphatic carbocycles. The maximum absolute atomic E-state index is 15.8. The van der Waals surface area contributed by atoms with Crippen LogP contribution in [-0.4, -0.2) is 31.9 Å². The summed E-state index contributed by atoms with van der Waals surface area (Å²) in [7, 11) is 0. The van der Waals surface area contributed by atoms with E-state index in [0.29, 0.717) is 11.8 Å². The normalized spacial score (nSPS) is 24.7. The number of benzene rings is 9. The highest BCUT2D eigenvalue weighted by Crippen LogP contribution is 2.60. The van der Waals surface area contributed by atoms with Gasteiger partial charge in [-0.3, -0.25) is 19.2 Å². The lowest BCUT2D eigenvalue weighted by Crippen LogP contribution is -2.19.